The smallest absolute Gasteiger partial charge is 0.234 e. The Balaban J connectivity index is 1.86. The van der Waals surface area contributed by atoms with Crippen LogP contribution in [-0.4, -0.2) is 11.7 Å². The van der Waals surface area contributed by atoms with E-state index >= 15 is 0 Å². The molecule has 0 radical (unpaired) electrons. The van der Waals surface area contributed by atoms with Crippen LogP contribution in [0.25, 0.3) is 0 Å². The molecule has 22 heavy (non-hydrogen) atoms. The van der Waals surface area contributed by atoms with Crippen molar-refractivity contribution in [2.75, 3.05) is 11.1 Å². The third kappa shape index (κ3) is 4.94. The number of aryl methyl sites for hydroxylation is 2. The van der Waals surface area contributed by atoms with Gasteiger partial charge in [0.15, 0.2) is 0 Å². The number of carbonyl (C=O) groups excluding carboxylic acids is 1. The molecule has 5 heteroatoms. The van der Waals surface area contributed by atoms with E-state index in [1.165, 1.54) is 11.8 Å². The zero-order chi connectivity index (χ0) is 16.1. The zero-order valence-electron chi connectivity index (χ0n) is 12.5. The highest BCUT2D eigenvalue weighted by molar-refractivity contribution is 7.99. The number of benzene rings is 2. The maximum Gasteiger partial charge on any atom is 0.234 e. The lowest BCUT2D eigenvalue weighted by Crippen LogP contribution is -2.15. The Morgan fingerprint density at radius 1 is 1.14 bits per heavy atom. The standard InChI is InChI=1S/C17H17Cl2NOS/c1-11-3-4-12(2)16(7-11)20-17(21)10-22-9-13-5-6-14(18)8-15(13)19/h3-8H,9-10H2,1-2H3,(H,20,21). The SMILES string of the molecule is Cc1ccc(C)c(NC(=O)CSCc2ccc(Cl)cc2Cl)c1. The summed E-state index contributed by atoms with van der Waals surface area (Å²) in [6, 6.07) is 11.4. The first-order valence-corrected chi connectivity index (χ1v) is 8.75. The van der Waals surface area contributed by atoms with Gasteiger partial charge in [-0.05, 0) is 48.7 Å². The Morgan fingerprint density at radius 3 is 2.64 bits per heavy atom. The van der Waals surface area contributed by atoms with E-state index in [2.05, 4.69) is 5.32 Å². The molecule has 1 amide bonds. The van der Waals surface area contributed by atoms with Gasteiger partial charge in [0.2, 0.25) is 5.91 Å². The van der Waals surface area contributed by atoms with Gasteiger partial charge < -0.3 is 5.32 Å². The Hall–Kier alpha value is -1.16. The van der Waals surface area contributed by atoms with Crippen LogP contribution in [-0.2, 0) is 10.5 Å². The Bertz CT molecular complexity index is 688. The van der Waals surface area contributed by atoms with Gasteiger partial charge in [-0.25, -0.2) is 0 Å². The van der Waals surface area contributed by atoms with Crippen LogP contribution in [0, 0.1) is 13.8 Å². The lowest BCUT2D eigenvalue weighted by Gasteiger charge is -2.09. The molecule has 0 unspecified atom stereocenters. The number of hydrogen-bond acceptors (Lipinski definition) is 2. The molecule has 2 nitrogen and oxygen atoms in total. The summed E-state index contributed by atoms with van der Waals surface area (Å²) in [4.78, 5) is 12.0. The van der Waals surface area contributed by atoms with Gasteiger partial charge in [0.25, 0.3) is 0 Å². The zero-order valence-corrected chi connectivity index (χ0v) is 14.8. The third-order valence-corrected chi connectivity index (χ3v) is 4.74. The van der Waals surface area contributed by atoms with Crippen LogP contribution in [0.2, 0.25) is 10.0 Å². The molecule has 0 aliphatic rings. The Kier molecular flexibility index (Phi) is 6.18. The number of amides is 1. The molecule has 0 spiro atoms. The molecule has 0 saturated heterocycles. The van der Waals surface area contributed by atoms with Gasteiger partial charge in [-0.1, -0.05) is 41.4 Å². The quantitative estimate of drug-likeness (QED) is 0.770. The van der Waals surface area contributed by atoms with Crippen LogP contribution in [0.5, 0.6) is 0 Å². The highest BCUT2D eigenvalue weighted by atomic mass is 35.5. The van der Waals surface area contributed by atoms with Crippen LogP contribution < -0.4 is 5.32 Å². The fraction of sp³-hybridized carbons (Fsp3) is 0.235. The van der Waals surface area contributed by atoms with E-state index in [1.54, 1.807) is 12.1 Å². The summed E-state index contributed by atoms with van der Waals surface area (Å²) in [7, 11) is 0. The second-order valence-electron chi connectivity index (χ2n) is 5.10. The predicted octanol–water partition coefficient (Wildman–Crippen LogP) is 5.48. The molecule has 2 aromatic carbocycles. The molecule has 2 aromatic rings. The minimum Gasteiger partial charge on any atom is -0.325 e. The fourth-order valence-corrected chi connectivity index (χ4v) is 3.34. The largest absolute Gasteiger partial charge is 0.325 e. The summed E-state index contributed by atoms with van der Waals surface area (Å²) in [6.45, 7) is 3.99. The average Bonchev–Trinajstić information content (AvgIpc) is 2.45. The molecule has 0 bridgehead atoms. The van der Waals surface area contributed by atoms with Crippen molar-refractivity contribution in [1.82, 2.24) is 0 Å². The van der Waals surface area contributed by atoms with E-state index in [-0.39, 0.29) is 5.91 Å². The van der Waals surface area contributed by atoms with Crippen LogP contribution in [0.15, 0.2) is 36.4 Å². The maximum absolute atomic E-state index is 12.0. The van der Waals surface area contributed by atoms with E-state index in [0.29, 0.717) is 21.6 Å². The van der Waals surface area contributed by atoms with E-state index in [0.717, 1.165) is 22.4 Å². The Morgan fingerprint density at radius 2 is 1.91 bits per heavy atom. The monoisotopic (exact) mass is 353 g/mol. The van der Waals surface area contributed by atoms with Crippen molar-refractivity contribution >= 4 is 46.6 Å². The summed E-state index contributed by atoms with van der Waals surface area (Å²) in [5, 5.41) is 4.20. The maximum atomic E-state index is 12.0. The molecular weight excluding hydrogens is 337 g/mol. The Labute approximate surface area is 145 Å². The van der Waals surface area contributed by atoms with Crippen LogP contribution in [0.1, 0.15) is 16.7 Å². The molecular formula is C17H17Cl2NOS. The molecule has 0 aliphatic heterocycles. The fourth-order valence-electron chi connectivity index (χ4n) is 1.95. The number of rotatable bonds is 5. The molecule has 1 N–H and O–H groups in total. The van der Waals surface area contributed by atoms with E-state index in [9.17, 15) is 4.79 Å². The van der Waals surface area contributed by atoms with Crippen LogP contribution in [0.3, 0.4) is 0 Å². The van der Waals surface area contributed by atoms with Gasteiger partial charge in [-0.15, -0.1) is 11.8 Å². The molecule has 0 fully saturated rings. The van der Waals surface area contributed by atoms with Crippen molar-refractivity contribution in [2.45, 2.75) is 19.6 Å². The molecule has 0 heterocycles. The topological polar surface area (TPSA) is 29.1 Å². The second-order valence-corrected chi connectivity index (χ2v) is 6.92. The van der Waals surface area contributed by atoms with Crippen molar-refractivity contribution in [2.24, 2.45) is 0 Å². The number of nitrogens with one attached hydrogen (secondary N) is 1. The number of anilines is 1. The van der Waals surface area contributed by atoms with Crippen molar-refractivity contribution in [1.29, 1.82) is 0 Å². The average molecular weight is 354 g/mol. The van der Waals surface area contributed by atoms with E-state index < -0.39 is 0 Å². The molecule has 116 valence electrons. The normalized spacial score (nSPS) is 10.5. The number of thioether (sulfide) groups is 1. The number of carbonyl (C=O) groups is 1. The first kappa shape index (κ1) is 17.2. The van der Waals surface area contributed by atoms with E-state index in [4.69, 9.17) is 23.2 Å². The highest BCUT2D eigenvalue weighted by Gasteiger charge is 2.07. The number of hydrogen-bond donors (Lipinski definition) is 1. The first-order chi connectivity index (χ1) is 10.5. The van der Waals surface area contributed by atoms with Crippen molar-refractivity contribution in [3.05, 3.63) is 63.1 Å². The summed E-state index contributed by atoms with van der Waals surface area (Å²) >= 11 is 13.5. The van der Waals surface area contributed by atoms with Crippen molar-refractivity contribution in [3.8, 4) is 0 Å². The minimum atomic E-state index is -0.0104. The van der Waals surface area contributed by atoms with Gasteiger partial charge in [-0.2, -0.15) is 0 Å². The highest BCUT2D eigenvalue weighted by Crippen LogP contribution is 2.25. The molecule has 0 aliphatic carbocycles. The summed E-state index contributed by atoms with van der Waals surface area (Å²) in [6.07, 6.45) is 0. The van der Waals surface area contributed by atoms with Gasteiger partial charge in [0, 0.05) is 21.5 Å². The first-order valence-electron chi connectivity index (χ1n) is 6.84. The van der Waals surface area contributed by atoms with Crippen molar-refractivity contribution in [3.63, 3.8) is 0 Å². The van der Waals surface area contributed by atoms with Gasteiger partial charge in [0.05, 0.1) is 5.75 Å². The molecule has 0 atom stereocenters. The lowest BCUT2D eigenvalue weighted by atomic mass is 10.1. The summed E-state index contributed by atoms with van der Waals surface area (Å²) in [5.74, 6) is 1.05. The second kappa shape index (κ2) is 7.91. The lowest BCUT2D eigenvalue weighted by molar-refractivity contribution is -0.113. The molecule has 0 saturated carbocycles. The summed E-state index contributed by atoms with van der Waals surface area (Å²) in [5.41, 5.74) is 4.04. The van der Waals surface area contributed by atoms with Gasteiger partial charge >= 0.3 is 0 Å². The predicted molar refractivity (Wildman–Crippen MR) is 97.2 cm³/mol. The number of halogens is 2. The van der Waals surface area contributed by atoms with Crippen LogP contribution in [0.4, 0.5) is 5.69 Å². The summed E-state index contributed by atoms with van der Waals surface area (Å²) < 4.78 is 0. The molecule has 0 aromatic heterocycles. The van der Waals surface area contributed by atoms with Gasteiger partial charge in [-0.3, -0.25) is 4.79 Å². The molecule has 2 rings (SSSR count). The van der Waals surface area contributed by atoms with E-state index in [1.807, 2.05) is 38.1 Å². The third-order valence-electron chi connectivity index (χ3n) is 3.17. The van der Waals surface area contributed by atoms with Crippen LogP contribution >= 0.6 is 35.0 Å². The van der Waals surface area contributed by atoms with Crippen molar-refractivity contribution < 1.29 is 4.79 Å². The van der Waals surface area contributed by atoms with Gasteiger partial charge in [0.1, 0.15) is 0 Å². The minimum absolute atomic E-state index is 0.0104.